The van der Waals surface area contributed by atoms with Gasteiger partial charge in [-0.25, -0.2) is 4.39 Å². The molecule has 0 heterocycles. The predicted octanol–water partition coefficient (Wildman–Crippen LogP) is 2.08. The van der Waals surface area contributed by atoms with Gasteiger partial charge in [0.05, 0.1) is 0 Å². The summed E-state index contributed by atoms with van der Waals surface area (Å²) < 4.78 is 13.3. The Morgan fingerprint density at radius 2 is 2.29 bits per heavy atom. The predicted molar refractivity (Wildman–Crippen MR) is 66.1 cm³/mol. The van der Waals surface area contributed by atoms with Crippen LogP contribution in [0.15, 0.2) is 18.2 Å². The van der Waals surface area contributed by atoms with Crippen LogP contribution < -0.4 is 11.1 Å². The summed E-state index contributed by atoms with van der Waals surface area (Å²) in [4.78, 5) is 11.5. The minimum Gasteiger partial charge on any atom is -0.352 e. The minimum absolute atomic E-state index is 0.124. The van der Waals surface area contributed by atoms with E-state index in [1.807, 2.05) is 6.92 Å². The summed E-state index contributed by atoms with van der Waals surface area (Å²) in [6.45, 7) is 2.49. The van der Waals surface area contributed by atoms with Gasteiger partial charge in [-0.05, 0) is 30.7 Å². The Morgan fingerprint density at radius 1 is 1.59 bits per heavy atom. The van der Waals surface area contributed by atoms with Crippen LogP contribution in [0.25, 0.3) is 0 Å². The van der Waals surface area contributed by atoms with Crippen LogP contribution in [0, 0.1) is 11.7 Å². The smallest absolute Gasteiger partial charge is 0.220 e. The Bertz CT molecular complexity index is 398. The molecule has 0 radical (unpaired) electrons. The van der Waals surface area contributed by atoms with Crippen LogP contribution >= 0.6 is 11.6 Å². The summed E-state index contributed by atoms with van der Waals surface area (Å²) in [5.41, 5.74) is 5.79. The molecule has 1 aromatic carbocycles. The van der Waals surface area contributed by atoms with E-state index in [9.17, 15) is 9.18 Å². The minimum atomic E-state index is -0.374. The molecule has 17 heavy (non-hydrogen) atoms. The Hall–Kier alpha value is -1.13. The van der Waals surface area contributed by atoms with Gasteiger partial charge in [0.25, 0.3) is 0 Å². The highest BCUT2D eigenvalue weighted by atomic mass is 35.5. The number of amides is 1. The number of benzene rings is 1. The molecule has 3 nitrogen and oxygen atoms in total. The SMILES string of the molecule is CC(CN)CC(=O)NCc1cc(Cl)ccc1F. The van der Waals surface area contributed by atoms with E-state index in [2.05, 4.69) is 5.32 Å². The van der Waals surface area contributed by atoms with Crippen molar-refractivity contribution in [3.8, 4) is 0 Å². The molecule has 0 aliphatic rings. The molecule has 0 spiro atoms. The number of hydrogen-bond donors (Lipinski definition) is 2. The first-order chi connectivity index (χ1) is 8.02. The number of hydrogen-bond acceptors (Lipinski definition) is 2. The number of carbonyl (C=O) groups is 1. The molecule has 1 amide bonds. The van der Waals surface area contributed by atoms with Gasteiger partial charge < -0.3 is 11.1 Å². The number of rotatable bonds is 5. The molecule has 1 rings (SSSR count). The molecule has 0 fully saturated rings. The summed E-state index contributed by atoms with van der Waals surface area (Å²) >= 11 is 5.74. The second-order valence-electron chi connectivity index (χ2n) is 4.06. The van der Waals surface area contributed by atoms with E-state index < -0.39 is 0 Å². The summed E-state index contributed by atoms with van der Waals surface area (Å²) in [7, 11) is 0. The van der Waals surface area contributed by atoms with Crippen molar-refractivity contribution in [2.24, 2.45) is 11.7 Å². The Morgan fingerprint density at radius 3 is 2.94 bits per heavy atom. The Balaban J connectivity index is 2.50. The van der Waals surface area contributed by atoms with Crippen molar-refractivity contribution in [2.75, 3.05) is 6.54 Å². The molecule has 0 saturated heterocycles. The van der Waals surface area contributed by atoms with Gasteiger partial charge >= 0.3 is 0 Å². The summed E-state index contributed by atoms with van der Waals surface area (Å²) in [5.74, 6) is -0.386. The standard InChI is InChI=1S/C12H16ClFN2O/c1-8(6-15)4-12(17)16-7-9-5-10(13)2-3-11(9)14/h2-3,5,8H,4,6-7,15H2,1H3,(H,16,17). The molecule has 1 aromatic rings. The quantitative estimate of drug-likeness (QED) is 0.850. The molecule has 3 N–H and O–H groups in total. The van der Waals surface area contributed by atoms with E-state index in [1.165, 1.54) is 18.2 Å². The number of halogens is 2. The van der Waals surface area contributed by atoms with Crippen LogP contribution in [-0.2, 0) is 11.3 Å². The van der Waals surface area contributed by atoms with Gasteiger partial charge in [0.1, 0.15) is 5.82 Å². The van der Waals surface area contributed by atoms with Crippen molar-refractivity contribution in [1.29, 1.82) is 0 Å². The first kappa shape index (κ1) is 13.9. The summed E-state index contributed by atoms with van der Waals surface area (Å²) in [6, 6.07) is 4.26. The van der Waals surface area contributed by atoms with Crippen LogP contribution in [0.3, 0.4) is 0 Å². The zero-order valence-corrected chi connectivity index (χ0v) is 10.4. The van der Waals surface area contributed by atoms with Gasteiger partial charge in [0, 0.05) is 23.6 Å². The largest absolute Gasteiger partial charge is 0.352 e. The molecule has 0 bridgehead atoms. The van der Waals surface area contributed by atoms with Crippen LogP contribution in [0.4, 0.5) is 4.39 Å². The molecular weight excluding hydrogens is 243 g/mol. The van der Waals surface area contributed by atoms with E-state index >= 15 is 0 Å². The third-order valence-corrected chi connectivity index (χ3v) is 2.66. The molecule has 1 atom stereocenters. The van der Waals surface area contributed by atoms with Gasteiger partial charge in [0.15, 0.2) is 0 Å². The maximum atomic E-state index is 13.3. The highest BCUT2D eigenvalue weighted by Gasteiger charge is 2.09. The van der Waals surface area contributed by atoms with E-state index in [0.717, 1.165) is 0 Å². The first-order valence-electron chi connectivity index (χ1n) is 5.43. The highest BCUT2D eigenvalue weighted by molar-refractivity contribution is 6.30. The van der Waals surface area contributed by atoms with Crippen LogP contribution in [0.1, 0.15) is 18.9 Å². The van der Waals surface area contributed by atoms with Gasteiger partial charge in [-0.3, -0.25) is 4.79 Å². The van der Waals surface area contributed by atoms with Crippen LogP contribution in [0.2, 0.25) is 5.02 Å². The molecule has 0 aliphatic carbocycles. The van der Waals surface area contributed by atoms with Crippen molar-refractivity contribution < 1.29 is 9.18 Å². The monoisotopic (exact) mass is 258 g/mol. The van der Waals surface area contributed by atoms with E-state index in [4.69, 9.17) is 17.3 Å². The van der Waals surface area contributed by atoms with Gasteiger partial charge in [0.2, 0.25) is 5.91 Å². The molecule has 94 valence electrons. The van der Waals surface area contributed by atoms with Crippen molar-refractivity contribution in [3.05, 3.63) is 34.6 Å². The Kier molecular flexibility index (Phi) is 5.38. The maximum Gasteiger partial charge on any atom is 0.220 e. The number of nitrogens with two attached hydrogens (primary N) is 1. The zero-order valence-electron chi connectivity index (χ0n) is 9.67. The Labute approximate surface area is 105 Å². The second kappa shape index (κ2) is 6.57. The van der Waals surface area contributed by atoms with Crippen molar-refractivity contribution in [3.63, 3.8) is 0 Å². The lowest BCUT2D eigenvalue weighted by Crippen LogP contribution is -2.27. The van der Waals surface area contributed by atoms with E-state index in [0.29, 0.717) is 23.6 Å². The lowest BCUT2D eigenvalue weighted by atomic mass is 10.1. The van der Waals surface area contributed by atoms with Crippen molar-refractivity contribution in [1.82, 2.24) is 5.32 Å². The fourth-order valence-electron chi connectivity index (χ4n) is 1.34. The van der Waals surface area contributed by atoms with Crippen molar-refractivity contribution >= 4 is 17.5 Å². The van der Waals surface area contributed by atoms with E-state index in [1.54, 1.807) is 0 Å². The fraction of sp³-hybridized carbons (Fsp3) is 0.417. The number of carbonyl (C=O) groups excluding carboxylic acids is 1. The average Bonchev–Trinajstić information content (AvgIpc) is 2.30. The molecule has 1 unspecified atom stereocenters. The first-order valence-corrected chi connectivity index (χ1v) is 5.81. The van der Waals surface area contributed by atoms with E-state index in [-0.39, 0.29) is 24.2 Å². The lowest BCUT2D eigenvalue weighted by molar-refractivity contribution is -0.122. The third-order valence-electron chi connectivity index (χ3n) is 2.42. The second-order valence-corrected chi connectivity index (χ2v) is 4.49. The van der Waals surface area contributed by atoms with Crippen LogP contribution in [-0.4, -0.2) is 12.5 Å². The van der Waals surface area contributed by atoms with Gasteiger partial charge in [-0.1, -0.05) is 18.5 Å². The van der Waals surface area contributed by atoms with Crippen molar-refractivity contribution in [2.45, 2.75) is 19.9 Å². The lowest BCUT2D eigenvalue weighted by Gasteiger charge is -2.09. The summed E-state index contributed by atoms with van der Waals surface area (Å²) in [5, 5.41) is 3.09. The van der Waals surface area contributed by atoms with Crippen LogP contribution in [0.5, 0.6) is 0 Å². The third kappa shape index (κ3) is 4.71. The highest BCUT2D eigenvalue weighted by Crippen LogP contribution is 2.14. The molecule has 5 heteroatoms. The summed E-state index contributed by atoms with van der Waals surface area (Å²) in [6.07, 6.45) is 0.346. The normalized spacial score (nSPS) is 12.2. The van der Waals surface area contributed by atoms with Gasteiger partial charge in [-0.15, -0.1) is 0 Å². The maximum absolute atomic E-state index is 13.3. The molecule has 0 saturated carbocycles. The van der Waals surface area contributed by atoms with Gasteiger partial charge in [-0.2, -0.15) is 0 Å². The fourth-order valence-corrected chi connectivity index (χ4v) is 1.54. The molecule has 0 aliphatic heterocycles. The molecular formula is C12H16ClFN2O. The average molecular weight is 259 g/mol. The number of nitrogens with one attached hydrogen (secondary N) is 1. The zero-order chi connectivity index (χ0) is 12.8. The molecule has 0 aromatic heterocycles. The topological polar surface area (TPSA) is 55.1 Å².